The first-order valence-electron chi connectivity index (χ1n) is 7.58. The van der Waals surface area contributed by atoms with Crippen molar-refractivity contribution in [3.05, 3.63) is 12.7 Å². The molecule has 1 atom stereocenters. The van der Waals surface area contributed by atoms with Gasteiger partial charge in [-0.1, -0.05) is 39.7 Å². The summed E-state index contributed by atoms with van der Waals surface area (Å²) in [6.07, 6.45) is 6.79. The summed E-state index contributed by atoms with van der Waals surface area (Å²) >= 11 is 0. The van der Waals surface area contributed by atoms with Crippen molar-refractivity contribution in [2.24, 2.45) is 5.92 Å². The summed E-state index contributed by atoms with van der Waals surface area (Å²) in [5, 5.41) is 0. The number of esters is 1. The number of carbonyl (C=O) groups excluding carboxylic acids is 2. The maximum atomic E-state index is 11.6. The molecule has 0 fully saturated rings. The van der Waals surface area contributed by atoms with Gasteiger partial charge in [-0.3, -0.25) is 9.59 Å². The summed E-state index contributed by atoms with van der Waals surface area (Å²) in [6.45, 7) is 8.79. The Morgan fingerprint density at radius 3 is 2.55 bits per heavy atom. The van der Waals surface area contributed by atoms with Gasteiger partial charge < -0.3 is 9.64 Å². The van der Waals surface area contributed by atoms with Crippen LogP contribution < -0.4 is 0 Å². The molecule has 0 spiro atoms. The van der Waals surface area contributed by atoms with Gasteiger partial charge >= 0.3 is 5.97 Å². The molecule has 0 rings (SSSR count). The minimum atomic E-state index is -0.167. The van der Waals surface area contributed by atoms with Crippen LogP contribution in [0.5, 0.6) is 0 Å². The number of carbonyl (C=O) groups is 2. The van der Waals surface area contributed by atoms with Crippen LogP contribution in [0.2, 0.25) is 0 Å². The number of unbranched alkanes of at least 4 members (excludes halogenated alkanes) is 1. The molecule has 0 aromatic carbocycles. The van der Waals surface area contributed by atoms with E-state index in [9.17, 15) is 9.59 Å². The molecule has 0 aromatic heterocycles. The number of amides is 1. The topological polar surface area (TPSA) is 46.6 Å². The van der Waals surface area contributed by atoms with Crippen LogP contribution in [0.25, 0.3) is 0 Å². The van der Waals surface area contributed by atoms with Crippen LogP contribution in [-0.4, -0.2) is 37.0 Å². The second-order valence-electron chi connectivity index (χ2n) is 5.17. The Labute approximate surface area is 123 Å². The van der Waals surface area contributed by atoms with Crippen molar-refractivity contribution >= 4 is 11.9 Å². The predicted molar refractivity (Wildman–Crippen MR) is 81.3 cm³/mol. The minimum Gasteiger partial charge on any atom is -0.465 e. The van der Waals surface area contributed by atoms with E-state index in [2.05, 4.69) is 20.4 Å². The zero-order valence-electron chi connectivity index (χ0n) is 13.2. The molecule has 4 nitrogen and oxygen atoms in total. The van der Waals surface area contributed by atoms with E-state index in [-0.39, 0.29) is 11.9 Å². The van der Waals surface area contributed by atoms with Crippen LogP contribution >= 0.6 is 0 Å². The fourth-order valence-electron chi connectivity index (χ4n) is 1.91. The summed E-state index contributed by atoms with van der Waals surface area (Å²) < 4.78 is 5.30. The van der Waals surface area contributed by atoms with Gasteiger partial charge in [-0.25, -0.2) is 0 Å². The number of nitrogens with zero attached hydrogens (tertiary/aromatic N) is 1. The Balaban J connectivity index is 3.77. The Hall–Kier alpha value is -1.32. The molecule has 1 amide bonds. The number of hydrogen-bond acceptors (Lipinski definition) is 3. The minimum absolute atomic E-state index is 0.121. The van der Waals surface area contributed by atoms with Crippen LogP contribution in [0, 0.1) is 5.92 Å². The third-order valence-electron chi connectivity index (χ3n) is 3.45. The summed E-state index contributed by atoms with van der Waals surface area (Å²) in [7, 11) is 1.70. The molecule has 0 aromatic rings. The van der Waals surface area contributed by atoms with E-state index >= 15 is 0 Å². The van der Waals surface area contributed by atoms with Crippen LogP contribution in [0.3, 0.4) is 0 Å². The summed E-state index contributed by atoms with van der Waals surface area (Å²) in [5.74, 6) is 0.187. The molecule has 0 N–H and O–H groups in total. The highest BCUT2D eigenvalue weighted by Gasteiger charge is 2.11. The van der Waals surface area contributed by atoms with Gasteiger partial charge in [-0.2, -0.15) is 0 Å². The van der Waals surface area contributed by atoms with Crippen LogP contribution in [0.15, 0.2) is 12.7 Å². The van der Waals surface area contributed by atoms with Crippen molar-refractivity contribution in [3.63, 3.8) is 0 Å². The third-order valence-corrected chi connectivity index (χ3v) is 3.45. The first-order valence-corrected chi connectivity index (χ1v) is 7.58. The van der Waals surface area contributed by atoms with Crippen LogP contribution in [0.4, 0.5) is 0 Å². The average molecular weight is 283 g/mol. The SMILES string of the molecule is C=CC(=O)N(C)CCCC(=O)OCC(CC)CCCC. The molecule has 0 heterocycles. The highest BCUT2D eigenvalue weighted by Crippen LogP contribution is 2.13. The van der Waals surface area contributed by atoms with E-state index in [1.165, 1.54) is 18.9 Å². The van der Waals surface area contributed by atoms with E-state index in [0.717, 1.165) is 12.8 Å². The van der Waals surface area contributed by atoms with E-state index in [1.807, 2.05) is 0 Å². The average Bonchev–Trinajstić information content (AvgIpc) is 2.46. The molecule has 0 aliphatic heterocycles. The van der Waals surface area contributed by atoms with Crippen molar-refractivity contribution in [3.8, 4) is 0 Å². The maximum Gasteiger partial charge on any atom is 0.305 e. The summed E-state index contributed by atoms with van der Waals surface area (Å²) in [6, 6.07) is 0. The second-order valence-corrected chi connectivity index (χ2v) is 5.17. The van der Waals surface area contributed by atoms with Gasteiger partial charge in [-0.05, 0) is 24.8 Å². The molecular weight excluding hydrogens is 254 g/mol. The highest BCUT2D eigenvalue weighted by atomic mass is 16.5. The Morgan fingerprint density at radius 1 is 1.30 bits per heavy atom. The van der Waals surface area contributed by atoms with E-state index < -0.39 is 0 Å². The zero-order valence-corrected chi connectivity index (χ0v) is 13.2. The molecular formula is C16H29NO3. The molecule has 0 bridgehead atoms. The van der Waals surface area contributed by atoms with E-state index in [1.54, 1.807) is 11.9 Å². The Morgan fingerprint density at radius 2 is 2.00 bits per heavy atom. The highest BCUT2D eigenvalue weighted by molar-refractivity contribution is 5.86. The fourth-order valence-corrected chi connectivity index (χ4v) is 1.91. The number of ether oxygens (including phenoxy) is 1. The molecule has 0 aliphatic rings. The zero-order chi connectivity index (χ0) is 15.4. The first kappa shape index (κ1) is 18.7. The standard InChI is InChI=1S/C16H29NO3/c1-5-8-10-14(6-2)13-20-16(19)11-9-12-17(4)15(18)7-3/h7,14H,3,5-6,8-13H2,1-2,4H3. The second kappa shape index (κ2) is 11.5. The van der Waals surface area contributed by atoms with Crippen LogP contribution in [-0.2, 0) is 14.3 Å². The molecule has 0 radical (unpaired) electrons. The predicted octanol–water partition coefficient (Wildman–Crippen LogP) is 3.17. The summed E-state index contributed by atoms with van der Waals surface area (Å²) in [5.41, 5.74) is 0. The molecule has 0 saturated carbocycles. The molecule has 1 unspecified atom stereocenters. The van der Waals surface area contributed by atoms with Crippen LogP contribution in [0.1, 0.15) is 52.4 Å². The largest absolute Gasteiger partial charge is 0.465 e. The molecule has 0 saturated heterocycles. The fraction of sp³-hybridized carbons (Fsp3) is 0.750. The number of likely N-dealkylation sites (N-methyl/N-ethyl adjacent to an activating group) is 1. The molecule has 4 heteroatoms. The smallest absolute Gasteiger partial charge is 0.305 e. The monoisotopic (exact) mass is 283 g/mol. The first-order chi connectivity index (χ1) is 9.54. The van der Waals surface area contributed by atoms with Crippen molar-refractivity contribution in [2.45, 2.75) is 52.4 Å². The van der Waals surface area contributed by atoms with E-state index in [4.69, 9.17) is 4.74 Å². The van der Waals surface area contributed by atoms with Crippen molar-refractivity contribution in [1.29, 1.82) is 0 Å². The quantitative estimate of drug-likeness (QED) is 0.432. The molecule has 116 valence electrons. The van der Waals surface area contributed by atoms with Crippen molar-refractivity contribution < 1.29 is 14.3 Å². The lowest BCUT2D eigenvalue weighted by atomic mass is 10.0. The van der Waals surface area contributed by atoms with Gasteiger partial charge in [0.1, 0.15) is 0 Å². The van der Waals surface area contributed by atoms with Gasteiger partial charge in [0, 0.05) is 20.0 Å². The van der Waals surface area contributed by atoms with Crippen molar-refractivity contribution in [1.82, 2.24) is 4.90 Å². The molecule has 0 aliphatic carbocycles. The van der Waals surface area contributed by atoms with Gasteiger partial charge in [0.25, 0.3) is 0 Å². The van der Waals surface area contributed by atoms with Gasteiger partial charge in [-0.15, -0.1) is 0 Å². The Bertz CT molecular complexity index is 302. The normalized spacial score (nSPS) is 11.8. The van der Waals surface area contributed by atoms with E-state index in [0.29, 0.717) is 31.9 Å². The van der Waals surface area contributed by atoms with Gasteiger partial charge in [0.05, 0.1) is 6.61 Å². The van der Waals surface area contributed by atoms with Gasteiger partial charge in [0.15, 0.2) is 0 Å². The van der Waals surface area contributed by atoms with Gasteiger partial charge in [0.2, 0.25) is 5.91 Å². The number of rotatable bonds is 11. The lowest BCUT2D eigenvalue weighted by molar-refractivity contribution is -0.145. The van der Waals surface area contributed by atoms with Crippen molar-refractivity contribution in [2.75, 3.05) is 20.2 Å². The lowest BCUT2D eigenvalue weighted by Gasteiger charge is -2.16. The number of hydrogen-bond donors (Lipinski definition) is 0. The Kier molecular flexibility index (Phi) is 10.7. The lowest BCUT2D eigenvalue weighted by Crippen LogP contribution is -2.26. The molecule has 20 heavy (non-hydrogen) atoms. The summed E-state index contributed by atoms with van der Waals surface area (Å²) in [4.78, 5) is 24.4. The third kappa shape index (κ3) is 8.73. The maximum absolute atomic E-state index is 11.6.